The number of hydrogen-bond donors (Lipinski definition) is 3. The van der Waals surface area contributed by atoms with Gasteiger partial charge in [0.2, 0.25) is 5.91 Å². The molecule has 0 aromatic heterocycles. The van der Waals surface area contributed by atoms with Crippen molar-refractivity contribution in [2.75, 3.05) is 13.2 Å². The third kappa shape index (κ3) is 51.5. The highest BCUT2D eigenvalue weighted by Gasteiger charge is 2.20. The van der Waals surface area contributed by atoms with Crippen LogP contribution in [0.25, 0.3) is 0 Å². The molecule has 0 saturated heterocycles. The maximum absolute atomic E-state index is 12.5. The number of aliphatic hydroxyl groups is 2. The van der Waals surface area contributed by atoms with Crippen molar-refractivity contribution in [1.29, 1.82) is 0 Å². The molecule has 388 valence electrons. The molecule has 0 aromatic carbocycles. The first-order chi connectivity index (χ1) is 32.5. The van der Waals surface area contributed by atoms with Crippen molar-refractivity contribution in [3.8, 4) is 0 Å². The van der Waals surface area contributed by atoms with Gasteiger partial charge < -0.3 is 20.3 Å². The zero-order valence-corrected chi connectivity index (χ0v) is 44.2. The summed E-state index contributed by atoms with van der Waals surface area (Å²) in [6.45, 7) is 4.85. The minimum atomic E-state index is -0.698. The van der Waals surface area contributed by atoms with Crippen molar-refractivity contribution in [2.45, 2.75) is 321 Å². The molecular weight excluding hydrogens is 815 g/mol. The number of unbranched alkanes of at least 4 members (excludes halogenated alkanes) is 37. The first-order valence-corrected chi connectivity index (χ1v) is 29.2. The van der Waals surface area contributed by atoms with Crippen molar-refractivity contribution in [1.82, 2.24) is 5.32 Å². The largest absolute Gasteiger partial charge is 0.466 e. The molecule has 0 radical (unpaired) electrons. The van der Waals surface area contributed by atoms with Crippen molar-refractivity contribution >= 4 is 11.9 Å². The van der Waals surface area contributed by atoms with Gasteiger partial charge in [0.05, 0.1) is 25.4 Å². The Morgan fingerprint density at radius 3 is 1.23 bits per heavy atom. The molecule has 0 aliphatic rings. The van der Waals surface area contributed by atoms with Crippen LogP contribution in [0.15, 0.2) is 36.5 Å². The summed E-state index contributed by atoms with van der Waals surface area (Å²) in [7, 11) is 0. The first-order valence-electron chi connectivity index (χ1n) is 29.2. The molecule has 2 unspecified atom stereocenters. The number of rotatable bonds is 54. The van der Waals surface area contributed by atoms with Crippen LogP contribution >= 0.6 is 0 Å². The Morgan fingerprint density at radius 1 is 0.424 bits per heavy atom. The quantitative estimate of drug-likeness (QED) is 0.0321. The lowest BCUT2D eigenvalue weighted by molar-refractivity contribution is -0.143. The van der Waals surface area contributed by atoms with Crippen molar-refractivity contribution in [3.63, 3.8) is 0 Å². The van der Waals surface area contributed by atoms with E-state index in [0.717, 1.165) is 77.0 Å². The molecule has 6 heteroatoms. The van der Waals surface area contributed by atoms with Gasteiger partial charge in [0.15, 0.2) is 0 Å². The van der Waals surface area contributed by atoms with E-state index in [1.165, 1.54) is 199 Å². The molecular formula is C60H113NO5. The number of aliphatic hydroxyl groups excluding tert-OH is 2. The fourth-order valence-corrected chi connectivity index (χ4v) is 8.91. The van der Waals surface area contributed by atoms with Gasteiger partial charge in [0.1, 0.15) is 0 Å². The van der Waals surface area contributed by atoms with Crippen LogP contribution in [-0.2, 0) is 14.3 Å². The Hall–Kier alpha value is -1.92. The molecule has 0 spiro atoms. The lowest BCUT2D eigenvalue weighted by atomic mass is 10.0. The van der Waals surface area contributed by atoms with Crippen molar-refractivity contribution < 1.29 is 24.5 Å². The highest BCUT2D eigenvalue weighted by atomic mass is 16.5. The second kappa shape index (κ2) is 55.7. The summed E-state index contributed by atoms with van der Waals surface area (Å²) in [5.74, 6) is -0.137. The minimum Gasteiger partial charge on any atom is -0.466 e. The second-order valence-electron chi connectivity index (χ2n) is 20.0. The van der Waals surface area contributed by atoms with Crippen LogP contribution in [0.4, 0.5) is 0 Å². The van der Waals surface area contributed by atoms with Crippen LogP contribution in [0, 0.1) is 0 Å². The monoisotopic (exact) mass is 928 g/mol. The molecule has 1 amide bonds. The van der Waals surface area contributed by atoms with E-state index in [1.54, 1.807) is 0 Å². The van der Waals surface area contributed by atoms with Gasteiger partial charge in [0.25, 0.3) is 0 Å². The van der Waals surface area contributed by atoms with Crippen LogP contribution in [0.2, 0.25) is 0 Å². The van der Waals surface area contributed by atoms with E-state index in [2.05, 4.69) is 55.6 Å². The van der Waals surface area contributed by atoms with Gasteiger partial charge in [-0.2, -0.15) is 0 Å². The summed E-state index contributed by atoms with van der Waals surface area (Å²) in [6, 6.07) is -0.581. The lowest BCUT2D eigenvalue weighted by Gasteiger charge is -2.22. The Labute approximate surface area is 411 Å². The number of esters is 1. The van der Waals surface area contributed by atoms with Gasteiger partial charge in [-0.25, -0.2) is 0 Å². The van der Waals surface area contributed by atoms with Crippen LogP contribution < -0.4 is 5.32 Å². The minimum absolute atomic E-state index is 0.0428. The van der Waals surface area contributed by atoms with E-state index in [-0.39, 0.29) is 18.5 Å². The predicted octanol–water partition coefficient (Wildman–Crippen LogP) is 18.0. The summed E-state index contributed by atoms with van der Waals surface area (Å²) in [5, 5.41) is 23.3. The van der Waals surface area contributed by atoms with Gasteiger partial charge in [-0.05, 0) is 77.0 Å². The van der Waals surface area contributed by atoms with E-state index in [9.17, 15) is 19.8 Å². The molecule has 0 bridgehead atoms. The molecule has 0 aromatic rings. The number of nitrogens with one attached hydrogen (secondary N) is 1. The number of carbonyl (C=O) groups is 2. The molecule has 0 aliphatic carbocycles. The first kappa shape index (κ1) is 64.1. The third-order valence-corrected chi connectivity index (χ3v) is 13.4. The fourth-order valence-electron chi connectivity index (χ4n) is 8.91. The molecule has 2 atom stereocenters. The summed E-state index contributed by atoms with van der Waals surface area (Å²) in [5.41, 5.74) is 0. The smallest absolute Gasteiger partial charge is 0.305 e. The van der Waals surface area contributed by atoms with E-state index in [4.69, 9.17) is 4.74 Å². The van der Waals surface area contributed by atoms with Crippen LogP contribution in [-0.4, -0.2) is 47.4 Å². The van der Waals surface area contributed by atoms with Gasteiger partial charge in [0, 0.05) is 12.8 Å². The topological polar surface area (TPSA) is 95.9 Å². The fraction of sp³-hybridized carbons (Fsp3) is 0.867. The molecule has 66 heavy (non-hydrogen) atoms. The van der Waals surface area contributed by atoms with Gasteiger partial charge in [-0.1, -0.05) is 256 Å². The number of carbonyl (C=O) groups excluding carboxylic acids is 2. The number of hydrogen-bond acceptors (Lipinski definition) is 5. The van der Waals surface area contributed by atoms with Gasteiger partial charge in [-0.3, -0.25) is 9.59 Å². The number of ether oxygens (including phenoxy) is 1. The molecule has 0 fully saturated rings. The van der Waals surface area contributed by atoms with Crippen LogP contribution in [0.5, 0.6) is 0 Å². The molecule has 0 heterocycles. The average molecular weight is 929 g/mol. The summed E-state index contributed by atoms with van der Waals surface area (Å²) in [6.07, 6.45) is 68.6. The van der Waals surface area contributed by atoms with Crippen LogP contribution in [0.1, 0.15) is 309 Å². The Balaban J connectivity index is 3.52. The van der Waals surface area contributed by atoms with E-state index in [0.29, 0.717) is 25.9 Å². The predicted molar refractivity (Wildman–Crippen MR) is 287 cm³/mol. The van der Waals surface area contributed by atoms with E-state index < -0.39 is 12.1 Å². The van der Waals surface area contributed by atoms with Crippen molar-refractivity contribution in [3.05, 3.63) is 36.5 Å². The highest BCUT2D eigenvalue weighted by Crippen LogP contribution is 2.17. The SMILES string of the molecule is CCCCC/C=C\C/C=C\CCCCCCCCCC(=O)OCCCCCC/C=C\CCCC(=O)NC(CO)C(O)CCCCCCCCCCCCCCCCCCCCCCCCC. The highest BCUT2D eigenvalue weighted by molar-refractivity contribution is 5.76. The summed E-state index contributed by atoms with van der Waals surface area (Å²) >= 11 is 0. The molecule has 0 rings (SSSR count). The van der Waals surface area contributed by atoms with Crippen LogP contribution in [0.3, 0.4) is 0 Å². The zero-order valence-electron chi connectivity index (χ0n) is 44.2. The Morgan fingerprint density at radius 2 is 0.773 bits per heavy atom. The lowest BCUT2D eigenvalue weighted by Crippen LogP contribution is -2.45. The molecule has 0 aliphatic heterocycles. The normalized spacial score (nSPS) is 12.8. The molecule has 6 nitrogen and oxygen atoms in total. The van der Waals surface area contributed by atoms with Gasteiger partial charge >= 0.3 is 5.97 Å². The average Bonchev–Trinajstić information content (AvgIpc) is 3.32. The molecule has 3 N–H and O–H groups in total. The van der Waals surface area contributed by atoms with E-state index in [1.807, 2.05) is 0 Å². The Kier molecular flexibility index (Phi) is 54.1. The third-order valence-electron chi connectivity index (χ3n) is 13.4. The summed E-state index contributed by atoms with van der Waals surface area (Å²) in [4.78, 5) is 24.6. The van der Waals surface area contributed by atoms with Crippen molar-refractivity contribution in [2.24, 2.45) is 0 Å². The maximum Gasteiger partial charge on any atom is 0.305 e. The number of amides is 1. The maximum atomic E-state index is 12.5. The second-order valence-corrected chi connectivity index (χ2v) is 20.0. The Bertz CT molecular complexity index is 1070. The summed E-state index contributed by atoms with van der Waals surface area (Å²) < 4.78 is 5.45. The zero-order chi connectivity index (χ0) is 47.9. The standard InChI is InChI=1S/C60H113NO5/c1-3-5-7-9-11-13-15-17-19-21-22-23-24-25-26-28-29-31-33-36-40-44-48-52-58(63)57(56-62)61-59(64)53-49-45-41-37-35-39-43-47-51-55-66-60(65)54-50-46-42-38-34-32-30-27-20-18-16-14-12-10-8-6-4-2/h12,14,18,20,37,41,57-58,62-63H,3-11,13,15-17,19,21-36,38-40,42-56H2,1-2H3,(H,61,64)/b14-12-,20-18-,41-37-. The van der Waals surface area contributed by atoms with Gasteiger partial charge in [-0.15, -0.1) is 0 Å². The molecule has 0 saturated carbocycles. The number of allylic oxidation sites excluding steroid dienone is 6. The van der Waals surface area contributed by atoms with E-state index >= 15 is 0 Å².